The summed E-state index contributed by atoms with van der Waals surface area (Å²) in [4.78, 5) is 10.2. The third kappa shape index (κ3) is 4.40. The molecule has 1 fully saturated rings. The van der Waals surface area contributed by atoms with Crippen molar-refractivity contribution in [2.75, 3.05) is 25.0 Å². The molecular weight excluding hydrogens is 388 g/mol. The number of aromatic nitrogens is 3. The van der Waals surface area contributed by atoms with E-state index >= 15 is 0 Å². The molecular formula is C21H23F2N7. The molecule has 3 N–H and O–H groups in total. The van der Waals surface area contributed by atoms with Crippen LogP contribution in [0.15, 0.2) is 53.8 Å². The first-order chi connectivity index (χ1) is 14.6. The molecule has 0 aliphatic carbocycles. The lowest BCUT2D eigenvalue weighted by molar-refractivity contribution is 0.576. The van der Waals surface area contributed by atoms with Gasteiger partial charge >= 0.3 is 0 Å². The summed E-state index contributed by atoms with van der Waals surface area (Å²) >= 11 is 0. The van der Waals surface area contributed by atoms with Crippen LogP contribution in [0, 0.1) is 11.6 Å². The fourth-order valence-corrected chi connectivity index (χ4v) is 3.62. The van der Waals surface area contributed by atoms with Gasteiger partial charge in [-0.05, 0) is 30.2 Å². The second-order valence-corrected chi connectivity index (χ2v) is 7.11. The highest BCUT2D eigenvalue weighted by atomic mass is 19.1. The van der Waals surface area contributed by atoms with Gasteiger partial charge in [-0.3, -0.25) is 10.1 Å². The van der Waals surface area contributed by atoms with Crippen molar-refractivity contribution in [3.8, 4) is 11.4 Å². The number of anilines is 1. The zero-order chi connectivity index (χ0) is 20.9. The Morgan fingerprint density at radius 2 is 2.03 bits per heavy atom. The maximum atomic E-state index is 14.1. The predicted molar refractivity (Wildman–Crippen MR) is 112 cm³/mol. The van der Waals surface area contributed by atoms with Crippen molar-refractivity contribution >= 4 is 11.6 Å². The zero-order valence-corrected chi connectivity index (χ0v) is 16.6. The molecule has 1 unspecified atom stereocenters. The van der Waals surface area contributed by atoms with Crippen molar-refractivity contribution < 1.29 is 8.78 Å². The molecule has 9 heteroatoms. The van der Waals surface area contributed by atoms with E-state index in [1.54, 1.807) is 11.9 Å². The Morgan fingerprint density at radius 1 is 1.23 bits per heavy atom. The van der Waals surface area contributed by atoms with Gasteiger partial charge in [0.2, 0.25) is 0 Å². The Bertz CT molecular complexity index is 1000. The molecule has 2 heterocycles. The number of aliphatic imine (C=N–C) groups is 1. The number of benzene rings is 2. The first kappa shape index (κ1) is 19.8. The van der Waals surface area contributed by atoms with Crippen molar-refractivity contribution in [1.29, 1.82) is 0 Å². The Hall–Kier alpha value is -3.49. The SMILES string of the molecule is CN=C(NCc1cccc(-c2ncn[nH]2)c1)NC1CCN(c2c(F)cccc2F)C1. The van der Waals surface area contributed by atoms with E-state index in [9.17, 15) is 8.78 Å². The molecule has 0 saturated carbocycles. The van der Waals surface area contributed by atoms with E-state index in [4.69, 9.17) is 0 Å². The van der Waals surface area contributed by atoms with Gasteiger partial charge in [-0.15, -0.1) is 0 Å². The molecule has 1 saturated heterocycles. The zero-order valence-electron chi connectivity index (χ0n) is 16.6. The number of nitrogens with one attached hydrogen (secondary N) is 3. The maximum Gasteiger partial charge on any atom is 0.191 e. The number of hydrogen-bond acceptors (Lipinski definition) is 4. The number of H-pyrrole nitrogens is 1. The van der Waals surface area contributed by atoms with Crippen LogP contribution in [0.3, 0.4) is 0 Å². The summed E-state index contributed by atoms with van der Waals surface area (Å²) in [6.07, 6.45) is 2.24. The van der Waals surface area contributed by atoms with E-state index in [1.165, 1.54) is 24.5 Å². The molecule has 1 atom stereocenters. The van der Waals surface area contributed by atoms with Crippen LogP contribution < -0.4 is 15.5 Å². The Morgan fingerprint density at radius 3 is 2.77 bits per heavy atom. The Kier molecular flexibility index (Phi) is 5.87. The fourth-order valence-electron chi connectivity index (χ4n) is 3.62. The van der Waals surface area contributed by atoms with E-state index < -0.39 is 11.6 Å². The standard InChI is InChI=1S/C21H23F2N7/c1-24-21(25-11-14-4-2-5-15(10-14)20-26-13-27-29-20)28-16-8-9-30(12-16)19-17(22)6-3-7-18(19)23/h2-7,10,13,16H,8-9,11-12H2,1H3,(H2,24,25,28)(H,26,27,29). The summed E-state index contributed by atoms with van der Waals surface area (Å²) < 4.78 is 28.1. The van der Waals surface area contributed by atoms with Crippen LogP contribution in [0.1, 0.15) is 12.0 Å². The summed E-state index contributed by atoms with van der Waals surface area (Å²) in [5.41, 5.74) is 2.05. The molecule has 1 aromatic heterocycles. The molecule has 30 heavy (non-hydrogen) atoms. The Balaban J connectivity index is 1.34. The van der Waals surface area contributed by atoms with E-state index in [0.29, 0.717) is 31.4 Å². The van der Waals surface area contributed by atoms with Crippen LogP contribution in [0.25, 0.3) is 11.4 Å². The number of nitrogens with zero attached hydrogens (tertiary/aromatic N) is 4. The number of para-hydroxylation sites is 1. The van der Waals surface area contributed by atoms with Crippen LogP contribution in [-0.4, -0.2) is 47.3 Å². The van der Waals surface area contributed by atoms with Gasteiger partial charge in [0.1, 0.15) is 23.6 Å². The first-order valence-electron chi connectivity index (χ1n) is 9.75. The molecule has 0 bridgehead atoms. The lowest BCUT2D eigenvalue weighted by Crippen LogP contribution is -2.44. The van der Waals surface area contributed by atoms with Gasteiger partial charge in [0.15, 0.2) is 11.8 Å². The van der Waals surface area contributed by atoms with E-state index in [1.807, 2.05) is 24.3 Å². The number of rotatable bonds is 5. The van der Waals surface area contributed by atoms with Crippen LogP contribution in [0.2, 0.25) is 0 Å². The molecule has 1 aliphatic heterocycles. The highest BCUT2D eigenvalue weighted by molar-refractivity contribution is 5.80. The summed E-state index contributed by atoms with van der Waals surface area (Å²) in [7, 11) is 1.70. The molecule has 2 aromatic carbocycles. The van der Waals surface area contributed by atoms with Crippen LogP contribution >= 0.6 is 0 Å². The predicted octanol–water partition coefficient (Wildman–Crippen LogP) is 2.69. The van der Waals surface area contributed by atoms with Gasteiger partial charge in [0, 0.05) is 38.3 Å². The van der Waals surface area contributed by atoms with Gasteiger partial charge in [0.05, 0.1) is 0 Å². The van der Waals surface area contributed by atoms with Crippen LogP contribution in [-0.2, 0) is 6.54 Å². The summed E-state index contributed by atoms with van der Waals surface area (Å²) in [5.74, 6) is 0.279. The molecule has 7 nitrogen and oxygen atoms in total. The monoisotopic (exact) mass is 411 g/mol. The van der Waals surface area contributed by atoms with Crippen LogP contribution in [0.5, 0.6) is 0 Å². The fraction of sp³-hybridized carbons (Fsp3) is 0.286. The molecule has 0 spiro atoms. The molecule has 156 valence electrons. The van der Waals surface area contributed by atoms with Crippen molar-refractivity contribution in [3.05, 3.63) is 66.0 Å². The number of halogens is 2. The van der Waals surface area contributed by atoms with Gasteiger partial charge in [-0.25, -0.2) is 13.8 Å². The summed E-state index contributed by atoms with van der Waals surface area (Å²) in [6, 6.07) is 11.9. The Labute approximate surface area is 173 Å². The quantitative estimate of drug-likeness (QED) is 0.444. The smallest absolute Gasteiger partial charge is 0.191 e. The number of guanidine groups is 1. The molecule has 3 aromatic rings. The largest absolute Gasteiger partial charge is 0.365 e. The number of hydrogen-bond donors (Lipinski definition) is 3. The molecule has 0 radical (unpaired) electrons. The van der Waals surface area contributed by atoms with E-state index in [0.717, 1.165) is 17.5 Å². The average molecular weight is 411 g/mol. The van der Waals surface area contributed by atoms with Gasteiger partial charge in [-0.1, -0.05) is 24.3 Å². The third-order valence-corrected chi connectivity index (χ3v) is 5.08. The lowest BCUT2D eigenvalue weighted by Gasteiger charge is -2.21. The molecule has 4 rings (SSSR count). The minimum absolute atomic E-state index is 0.0361. The second kappa shape index (κ2) is 8.89. The van der Waals surface area contributed by atoms with Crippen molar-refractivity contribution in [2.24, 2.45) is 4.99 Å². The lowest BCUT2D eigenvalue weighted by atomic mass is 10.1. The van der Waals surface area contributed by atoms with E-state index in [-0.39, 0.29) is 11.7 Å². The highest BCUT2D eigenvalue weighted by Crippen LogP contribution is 2.26. The minimum atomic E-state index is -0.537. The van der Waals surface area contributed by atoms with Crippen molar-refractivity contribution in [1.82, 2.24) is 25.8 Å². The molecule has 0 amide bonds. The maximum absolute atomic E-state index is 14.1. The number of aromatic amines is 1. The molecule has 1 aliphatic rings. The van der Waals surface area contributed by atoms with Crippen molar-refractivity contribution in [2.45, 2.75) is 19.0 Å². The summed E-state index contributed by atoms with van der Waals surface area (Å²) in [5, 5.41) is 13.4. The van der Waals surface area contributed by atoms with Crippen LogP contribution in [0.4, 0.5) is 14.5 Å². The highest BCUT2D eigenvalue weighted by Gasteiger charge is 2.27. The summed E-state index contributed by atoms with van der Waals surface area (Å²) in [6.45, 7) is 1.64. The normalized spacial score (nSPS) is 16.7. The first-order valence-corrected chi connectivity index (χ1v) is 9.75. The minimum Gasteiger partial charge on any atom is -0.365 e. The third-order valence-electron chi connectivity index (χ3n) is 5.08. The van der Waals surface area contributed by atoms with Gasteiger partial charge in [0.25, 0.3) is 0 Å². The van der Waals surface area contributed by atoms with Gasteiger partial charge in [-0.2, -0.15) is 5.10 Å². The topological polar surface area (TPSA) is 81.2 Å². The second-order valence-electron chi connectivity index (χ2n) is 7.11. The van der Waals surface area contributed by atoms with Crippen molar-refractivity contribution in [3.63, 3.8) is 0 Å². The van der Waals surface area contributed by atoms with E-state index in [2.05, 4.69) is 30.8 Å². The van der Waals surface area contributed by atoms with Gasteiger partial charge < -0.3 is 15.5 Å². The average Bonchev–Trinajstić information content (AvgIpc) is 3.44.